The van der Waals surface area contributed by atoms with E-state index in [1.54, 1.807) is 24.3 Å². The van der Waals surface area contributed by atoms with Gasteiger partial charge in [0.1, 0.15) is 11.7 Å². The molecule has 1 unspecified atom stereocenters. The van der Waals surface area contributed by atoms with Gasteiger partial charge in [-0.3, -0.25) is 14.6 Å². The Morgan fingerprint density at radius 3 is 2.21 bits per heavy atom. The van der Waals surface area contributed by atoms with Gasteiger partial charge >= 0.3 is 5.97 Å². The summed E-state index contributed by atoms with van der Waals surface area (Å²) in [6.07, 6.45) is 4.35. The molecule has 2 aromatic carbocycles. The third-order valence-corrected chi connectivity index (χ3v) is 6.43. The molecule has 3 aromatic rings. The van der Waals surface area contributed by atoms with Crippen molar-refractivity contribution in [1.82, 2.24) is 20.0 Å². The quantitative estimate of drug-likeness (QED) is 0.373. The minimum Gasteiger partial charge on any atom is -0.480 e. The van der Waals surface area contributed by atoms with Gasteiger partial charge in [0.05, 0.1) is 11.1 Å². The third-order valence-electron chi connectivity index (χ3n) is 4.69. The molecule has 0 fully saturated rings. The number of aliphatic carboxylic acids is 1. The van der Waals surface area contributed by atoms with Crippen LogP contribution in [0.25, 0.3) is 11.1 Å². The fourth-order valence-electron chi connectivity index (χ4n) is 2.97. The Hall–Kier alpha value is -3.34. The molecule has 9 nitrogen and oxygen atoms in total. The summed E-state index contributed by atoms with van der Waals surface area (Å²) >= 11 is 5.89. The van der Waals surface area contributed by atoms with Crippen molar-refractivity contribution in [2.24, 2.45) is 0 Å². The number of sulfonamides is 1. The number of aromatic nitrogens is 2. The summed E-state index contributed by atoms with van der Waals surface area (Å²) < 4.78 is 27.6. The average molecular weight is 489 g/mol. The molecule has 33 heavy (non-hydrogen) atoms. The maximum Gasteiger partial charge on any atom is 0.321 e. The van der Waals surface area contributed by atoms with Gasteiger partial charge in [-0.15, -0.1) is 0 Å². The second-order valence-electron chi connectivity index (χ2n) is 7.03. The summed E-state index contributed by atoms with van der Waals surface area (Å²) in [5.41, 5.74) is 1.79. The lowest BCUT2D eigenvalue weighted by Crippen LogP contribution is -2.41. The Morgan fingerprint density at radius 1 is 1.00 bits per heavy atom. The van der Waals surface area contributed by atoms with E-state index in [0.29, 0.717) is 5.02 Å². The average Bonchev–Trinajstić information content (AvgIpc) is 2.82. The van der Waals surface area contributed by atoms with Crippen molar-refractivity contribution in [2.45, 2.75) is 23.8 Å². The lowest BCUT2D eigenvalue weighted by Gasteiger charge is -2.15. The highest BCUT2D eigenvalue weighted by Gasteiger charge is 2.25. The van der Waals surface area contributed by atoms with Crippen molar-refractivity contribution in [3.05, 3.63) is 77.8 Å². The van der Waals surface area contributed by atoms with Gasteiger partial charge in [-0.2, -0.15) is 4.72 Å². The Bertz CT molecular complexity index is 1200. The van der Waals surface area contributed by atoms with Crippen LogP contribution in [-0.4, -0.2) is 48.0 Å². The molecule has 0 radical (unpaired) electrons. The first-order valence-corrected chi connectivity index (χ1v) is 11.8. The second kappa shape index (κ2) is 11.0. The molecule has 0 aliphatic rings. The van der Waals surface area contributed by atoms with Crippen molar-refractivity contribution in [3.8, 4) is 11.1 Å². The molecule has 3 rings (SSSR count). The molecule has 0 aliphatic carbocycles. The number of hydrogen-bond acceptors (Lipinski definition) is 6. The van der Waals surface area contributed by atoms with Crippen molar-refractivity contribution >= 4 is 33.5 Å². The van der Waals surface area contributed by atoms with E-state index >= 15 is 0 Å². The van der Waals surface area contributed by atoms with Crippen LogP contribution in [0.4, 0.5) is 0 Å². The van der Waals surface area contributed by atoms with Crippen molar-refractivity contribution in [3.63, 3.8) is 0 Å². The maximum absolute atomic E-state index is 12.7. The van der Waals surface area contributed by atoms with E-state index in [4.69, 9.17) is 11.6 Å². The number of carbonyl (C=O) groups excluding carboxylic acids is 1. The van der Waals surface area contributed by atoms with Crippen molar-refractivity contribution in [1.29, 1.82) is 0 Å². The summed E-state index contributed by atoms with van der Waals surface area (Å²) in [7, 11) is -4.06. The van der Waals surface area contributed by atoms with Crippen LogP contribution in [-0.2, 0) is 14.8 Å². The zero-order chi connectivity index (χ0) is 23.8. The van der Waals surface area contributed by atoms with Crippen LogP contribution in [0.1, 0.15) is 23.3 Å². The monoisotopic (exact) mass is 488 g/mol. The SMILES string of the molecule is O=C(NCCCC(NS(=O)(=O)c1ccc(-c2ccc(Cl)cc2)cc1)C(=O)O)c1cnccn1. The molecule has 1 heterocycles. The number of carboxylic acids is 1. The Balaban J connectivity index is 1.58. The van der Waals surface area contributed by atoms with E-state index < -0.39 is 27.9 Å². The fourth-order valence-corrected chi connectivity index (χ4v) is 4.32. The number of hydrogen-bond donors (Lipinski definition) is 3. The molecule has 11 heteroatoms. The maximum atomic E-state index is 12.7. The highest BCUT2D eigenvalue weighted by Crippen LogP contribution is 2.23. The van der Waals surface area contributed by atoms with Crippen LogP contribution in [0.3, 0.4) is 0 Å². The number of rotatable bonds is 10. The largest absolute Gasteiger partial charge is 0.480 e. The minimum absolute atomic E-state index is 0.0157. The number of carbonyl (C=O) groups is 2. The second-order valence-corrected chi connectivity index (χ2v) is 9.18. The summed E-state index contributed by atoms with van der Waals surface area (Å²) in [6.45, 7) is 0.150. The molecule has 1 atom stereocenters. The topological polar surface area (TPSA) is 138 Å². The molecular weight excluding hydrogens is 468 g/mol. The highest BCUT2D eigenvalue weighted by atomic mass is 35.5. The first-order valence-electron chi connectivity index (χ1n) is 9.91. The number of carboxylic acid groups (broad SMARTS) is 1. The Labute approximate surface area is 195 Å². The van der Waals surface area contributed by atoms with Crippen LogP contribution in [0, 0.1) is 0 Å². The van der Waals surface area contributed by atoms with E-state index in [0.717, 1.165) is 11.1 Å². The molecule has 1 aromatic heterocycles. The minimum atomic E-state index is -4.06. The molecule has 3 N–H and O–H groups in total. The Morgan fingerprint density at radius 2 is 1.64 bits per heavy atom. The van der Waals surface area contributed by atoms with E-state index in [1.165, 1.54) is 30.7 Å². The van der Waals surface area contributed by atoms with Gasteiger partial charge in [0.15, 0.2) is 0 Å². The molecule has 1 amide bonds. The molecule has 0 saturated heterocycles. The normalized spacial score (nSPS) is 12.2. The fraction of sp³-hybridized carbons (Fsp3) is 0.182. The number of amides is 1. The number of benzene rings is 2. The van der Waals surface area contributed by atoms with Gasteiger partial charge in [0.2, 0.25) is 10.0 Å². The van der Waals surface area contributed by atoms with E-state index in [1.807, 2.05) is 12.1 Å². The number of nitrogens with zero attached hydrogens (tertiary/aromatic N) is 2. The first kappa shape index (κ1) is 24.3. The van der Waals surface area contributed by atoms with E-state index in [9.17, 15) is 23.1 Å². The third kappa shape index (κ3) is 6.82. The number of halogens is 1. The molecule has 0 aliphatic heterocycles. The van der Waals surface area contributed by atoms with Gasteiger partial charge < -0.3 is 10.4 Å². The van der Waals surface area contributed by atoms with Gasteiger partial charge in [0.25, 0.3) is 5.91 Å². The Kier molecular flexibility index (Phi) is 8.10. The summed E-state index contributed by atoms with van der Waals surface area (Å²) in [4.78, 5) is 31.1. The summed E-state index contributed by atoms with van der Waals surface area (Å²) in [6, 6.07) is 11.8. The molecular formula is C22H21ClN4O5S. The van der Waals surface area contributed by atoms with Crippen LogP contribution in [0.15, 0.2) is 72.0 Å². The predicted molar refractivity (Wildman–Crippen MR) is 122 cm³/mol. The smallest absolute Gasteiger partial charge is 0.321 e. The van der Waals surface area contributed by atoms with Crippen LogP contribution in [0.5, 0.6) is 0 Å². The van der Waals surface area contributed by atoms with Crippen molar-refractivity contribution in [2.75, 3.05) is 6.54 Å². The standard InChI is InChI=1S/C22H21ClN4O5S/c23-17-7-3-15(4-8-17)16-5-9-18(10-6-16)33(31,32)27-19(22(29)30)2-1-11-26-21(28)20-14-24-12-13-25-20/h3-10,12-14,19,27H,1-2,11H2,(H,26,28)(H,29,30). The highest BCUT2D eigenvalue weighted by molar-refractivity contribution is 7.89. The van der Waals surface area contributed by atoms with Crippen molar-refractivity contribution < 1.29 is 23.1 Å². The zero-order valence-electron chi connectivity index (χ0n) is 17.3. The molecule has 172 valence electrons. The van der Waals surface area contributed by atoms with E-state index in [-0.39, 0.29) is 30.0 Å². The zero-order valence-corrected chi connectivity index (χ0v) is 18.9. The summed E-state index contributed by atoms with van der Waals surface area (Å²) in [5.74, 6) is -1.76. The summed E-state index contributed by atoms with van der Waals surface area (Å²) in [5, 5.41) is 12.6. The van der Waals surface area contributed by atoms with Gasteiger partial charge in [-0.1, -0.05) is 35.9 Å². The van der Waals surface area contributed by atoms with Crippen LogP contribution < -0.4 is 10.0 Å². The first-order chi connectivity index (χ1) is 15.8. The van der Waals surface area contributed by atoms with E-state index in [2.05, 4.69) is 20.0 Å². The molecule has 0 saturated carbocycles. The van der Waals surface area contributed by atoms with Gasteiger partial charge in [-0.25, -0.2) is 13.4 Å². The number of nitrogens with one attached hydrogen (secondary N) is 2. The van der Waals surface area contributed by atoms with Gasteiger partial charge in [0, 0.05) is 24.0 Å². The lowest BCUT2D eigenvalue weighted by atomic mass is 10.1. The molecule has 0 bridgehead atoms. The predicted octanol–water partition coefficient (Wildman–Crippen LogP) is 2.74. The van der Waals surface area contributed by atoms with Gasteiger partial charge in [-0.05, 0) is 48.2 Å². The van der Waals surface area contributed by atoms with Crippen LogP contribution >= 0.6 is 11.6 Å². The van der Waals surface area contributed by atoms with Crippen LogP contribution in [0.2, 0.25) is 5.02 Å². The molecule has 0 spiro atoms. The lowest BCUT2D eigenvalue weighted by molar-refractivity contribution is -0.139.